The molecule has 0 bridgehead atoms. The van der Waals surface area contributed by atoms with Crippen LogP contribution in [0.1, 0.15) is 15.9 Å². The van der Waals surface area contributed by atoms with E-state index in [1.165, 1.54) is 12.1 Å². The number of aryl methyl sites for hydroxylation is 2. The van der Waals surface area contributed by atoms with E-state index in [0.717, 1.165) is 16.5 Å². The molecule has 1 aromatic heterocycles. The van der Waals surface area contributed by atoms with Crippen LogP contribution in [-0.4, -0.2) is 18.9 Å². The molecule has 0 aliphatic carbocycles. The molecule has 6 nitrogen and oxygen atoms in total. The largest absolute Gasteiger partial charge is 0.350 e. The van der Waals surface area contributed by atoms with Crippen molar-refractivity contribution in [1.82, 2.24) is 14.8 Å². The van der Waals surface area contributed by atoms with Gasteiger partial charge in [0.15, 0.2) is 0 Å². The zero-order valence-electron chi connectivity index (χ0n) is 13.3. The lowest BCUT2D eigenvalue weighted by Crippen LogP contribution is -2.41. The fourth-order valence-electron chi connectivity index (χ4n) is 2.48. The van der Waals surface area contributed by atoms with Crippen LogP contribution in [0.5, 0.6) is 0 Å². The summed E-state index contributed by atoms with van der Waals surface area (Å²) in [6, 6.07) is 13.8. The second-order valence-corrected chi connectivity index (χ2v) is 7.23. The molecule has 0 spiro atoms. The molecule has 3 rings (SSSR count). The number of hydrogen-bond donors (Lipinski definition) is 2. The molecule has 0 saturated carbocycles. The van der Waals surface area contributed by atoms with Gasteiger partial charge in [0.2, 0.25) is 0 Å². The van der Waals surface area contributed by atoms with Crippen LogP contribution in [0, 0.1) is 6.92 Å². The number of para-hydroxylation sites is 1. The Morgan fingerprint density at radius 1 is 1.04 bits per heavy atom. The van der Waals surface area contributed by atoms with Gasteiger partial charge in [0.25, 0.3) is 15.9 Å². The van der Waals surface area contributed by atoms with Gasteiger partial charge in [-0.15, -0.1) is 4.83 Å². The van der Waals surface area contributed by atoms with Crippen molar-refractivity contribution in [2.24, 2.45) is 7.05 Å². The summed E-state index contributed by atoms with van der Waals surface area (Å²) < 4.78 is 26.3. The third kappa shape index (κ3) is 3.04. The molecule has 1 heterocycles. The fraction of sp³-hybridized carbons (Fsp3) is 0.118. The molecule has 0 unspecified atom stereocenters. The highest BCUT2D eigenvalue weighted by molar-refractivity contribution is 7.89. The Bertz CT molecular complexity index is 1010. The summed E-state index contributed by atoms with van der Waals surface area (Å²) in [5.41, 5.74) is 4.52. The average molecular weight is 343 g/mol. The van der Waals surface area contributed by atoms with E-state index in [9.17, 15) is 13.2 Å². The highest BCUT2D eigenvalue weighted by Gasteiger charge is 2.18. The van der Waals surface area contributed by atoms with E-state index in [2.05, 4.69) is 10.3 Å². The Hall–Kier alpha value is -2.64. The van der Waals surface area contributed by atoms with Gasteiger partial charge in [-0.3, -0.25) is 10.2 Å². The van der Waals surface area contributed by atoms with E-state index in [0.29, 0.717) is 5.56 Å². The standard InChI is InChI=1S/C17H17N3O3S/c1-12-7-9-13(10-8-12)24(22,23)19-18-17(21)15-11-20(2)16-6-4-3-5-14(15)16/h3-11,19H,1-2H3,(H,18,21). The summed E-state index contributed by atoms with van der Waals surface area (Å²) in [4.78, 5) is 14.6. The highest BCUT2D eigenvalue weighted by atomic mass is 32.2. The van der Waals surface area contributed by atoms with Crippen LogP contribution in [0.2, 0.25) is 0 Å². The lowest BCUT2D eigenvalue weighted by Gasteiger charge is -2.08. The fourth-order valence-corrected chi connectivity index (χ4v) is 3.32. The minimum atomic E-state index is -3.82. The van der Waals surface area contributed by atoms with Gasteiger partial charge in [0, 0.05) is 24.1 Å². The number of fused-ring (bicyclic) bond motifs is 1. The predicted octanol–water partition coefficient (Wildman–Crippen LogP) is 2.11. The number of hydrogen-bond acceptors (Lipinski definition) is 3. The maximum absolute atomic E-state index is 12.4. The van der Waals surface area contributed by atoms with Gasteiger partial charge >= 0.3 is 0 Å². The second kappa shape index (κ2) is 6.10. The van der Waals surface area contributed by atoms with Crippen molar-refractivity contribution in [3.8, 4) is 0 Å². The Morgan fingerprint density at radius 3 is 2.42 bits per heavy atom. The maximum atomic E-state index is 12.4. The molecule has 0 aliphatic heterocycles. The number of hydrazine groups is 1. The highest BCUT2D eigenvalue weighted by Crippen LogP contribution is 2.20. The van der Waals surface area contributed by atoms with Crippen LogP contribution in [0.4, 0.5) is 0 Å². The number of aromatic nitrogens is 1. The van der Waals surface area contributed by atoms with E-state index in [1.807, 2.05) is 42.8 Å². The molecule has 7 heteroatoms. The lowest BCUT2D eigenvalue weighted by molar-refractivity contribution is 0.0946. The summed E-state index contributed by atoms with van der Waals surface area (Å²) in [6.45, 7) is 1.87. The molecule has 0 saturated heterocycles. The minimum absolute atomic E-state index is 0.0892. The van der Waals surface area contributed by atoms with E-state index >= 15 is 0 Å². The topological polar surface area (TPSA) is 80.2 Å². The molecule has 0 fully saturated rings. The summed E-state index contributed by atoms with van der Waals surface area (Å²) in [5.74, 6) is -0.512. The molecule has 2 N–H and O–H groups in total. The second-order valence-electron chi connectivity index (χ2n) is 5.54. The van der Waals surface area contributed by atoms with Crippen LogP contribution in [0.25, 0.3) is 10.9 Å². The smallest absolute Gasteiger partial charge is 0.268 e. The number of amides is 1. The number of nitrogens with one attached hydrogen (secondary N) is 2. The van der Waals surface area contributed by atoms with E-state index < -0.39 is 15.9 Å². The van der Waals surface area contributed by atoms with E-state index in [-0.39, 0.29) is 4.90 Å². The number of carbonyl (C=O) groups excluding carboxylic acids is 1. The molecule has 124 valence electrons. The number of sulfonamides is 1. The van der Waals surface area contributed by atoms with Crippen LogP contribution in [0.15, 0.2) is 59.6 Å². The van der Waals surface area contributed by atoms with Gasteiger partial charge < -0.3 is 4.57 Å². The first-order valence-electron chi connectivity index (χ1n) is 7.31. The van der Waals surface area contributed by atoms with Gasteiger partial charge in [0.1, 0.15) is 0 Å². The van der Waals surface area contributed by atoms with Crippen molar-refractivity contribution in [3.05, 3.63) is 65.9 Å². The Kier molecular flexibility index (Phi) is 4.13. The van der Waals surface area contributed by atoms with Gasteiger partial charge in [0.05, 0.1) is 10.5 Å². The molecular formula is C17H17N3O3S. The molecular weight excluding hydrogens is 326 g/mol. The van der Waals surface area contributed by atoms with Gasteiger partial charge in [-0.05, 0) is 25.1 Å². The van der Waals surface area contributed by atoms with Gasteiger partial charge in [-0.25, -0.2) is 8.42 Å². The molecule has 2 aromatic carbocycles. The van der Waals surface area contributed by atoms with Crippen molar-refractivity contribution in [2.75, 3.05) is 0 Å². The van der Waals surface area contributed by atoms with Crippen molar-refractivity contribution in [2.45, 2.75) is 11.8 Å². The van der Waals surface area contributed by atoms with Crippen LogP contribution in [0.3, 0.4) is 0 Å². The van der Waals surface area contributed by atoms with Crippen LogP contribution < -0.4 is 10.3 Å². The molecule has 24 heavy (non-hydrogen) atoms. The zero-order valence-corrected chi connectivity index (χ0v) is 14.1. The maximum Gasteiger partial charge on any atom is 0.268 e. The predicted molar refractivity (Wildman–Crippen MR) is 91.9 cm³/mol. The Morgan fingerprint density at radius 2 is 1.71 bits per heavy atom. The van der Waals surface area contributed by atoms with Crippen LogP contribution in [-0.2, 0) is 17.1 Å². The minimum Gasteiger partial charge on any atom is -0.350 e. The zero-order chi connectivity index (χ0) is 17.3. The summed E-state index contributed by atoms with van der Waals surface area (Å²) in [5, 5.41) is 0.757. The third-order valence-corrected chi connectivity index (χ3v) is 5.04. The molecule has 0 radical (unpaired) electrons. The SMILES string of the molecule is Cc1ccc(S(=O)(=O)NNC(=O)c2cn(C)c3ccccc23)cc1. The third-order valence-electron chi connectivity index (χ3n) is 3.77. The van der Waals surface area contributed by atoms with Crippen molar-refractivity contribution in [3.63, 3.8) is 0 Å². The first kappa shape index (κ1) is 16.2. The quantitative estimate of drug-likeness (QED) is 0.712. The Labute approximate surface area is 140 Å². The summed E-state index contributed by atoms with van der Waals surface area (Å²) in [6.07, 6.45) is 1.67. The Balaban J connectivity index is 1.81. The number of nitrogens with zero attached hydrogens (tertiary/aromatic N) is 1. The first-order chi connectivity index (χ1) is 11.4. The van der Waals surface area contributed by atoms with Crippen molar-refractivity contribution < 1.29 is 13.2 Å². The molecule has 0 aliphatic rings. The molecule has 3 aromatic rings. The van der Waals surface area contributed by atoms with E-state index in [1.54, 1.807) is 18.3 Å². The monoisotopic (exact) mass is 343 g/mol. The number of rotatable bonds is 4. The number of benzene rings is 2. The average Bonchev–Trinajstić information content (AvgIpc) is 2.91. The molecule has 1 amide bonds. The van der Waals surface area contributed by atoms with Gasteiger partial charge in [-0.1, -0.05) is 35.9 Å². The van der Waals surface area contributed by atoms with Crippen LogP contribution >= 0.6 is 0 Å². The van der Waals surface area contributed by atoms with Crippen molar-refractivity contribution in [1.29, 1.82) is 0 Å². The van der Waals surface area contributed by atoms with Gasteiger partial charge in [-0.2, -0.15) is 0 Å². The summed E-state index contributed by atoms with van der Waals surface area (Å²) >= 11 is 0. The first-order valence-corrected chi connectivity index (χ1v) is 8.80. The van der Waals surface area contributed by atoms with E-state index in [4.69, 9.17) is 0 Å². The lowest BCUT2D eigenvalue weighted by atomic mass is 10.2. The normalized spacial score (nSPS) is 11.6. The van der Waals surface area contributed by atoms with Crippen molar-refractivity contribution >= 4 is 26.8 Å². The molecule has 0 atom stereocenters. The summed E-state index contributed by atoms with van der Waals surface area (Å²) in [7, 11) is -1.99. The number of carbonyl (C=O) groups is 1.